The quantitative estimate of drug-likeness (QED) is 0.294. The molecule has 1 saturated carbocycles. The van der Waals surface area contributed by atoms with Crippen LogP contribution in [0.5, 0.6) is 11.5 Å². The fourth-order valence-corrected chi connectivity index (χ4v) is 5.78. The van der Waals surface area contributed by atoms with Crippen molar-refractivity contribution in [3.8, 4) is 22.6 Å². The maximum absolute atomic E-state index is 13.2. The van der Waals surface area contributed by atoms with Crippen LogP contribution in [0.1, 0.15) is 17.9 Å². The van der Waals surface area contributed by atoms with Crippen molar-refractivity contribution in [1.29, 1.82) is 0 Å². The third-order valence-corrected chi connectivity index (χ3v) is 8.02. The van der Waals surface area contributed by atoms with E-state index in [1.54, 1.807) is 48.5 Å². The first-order valence-corrected chi connectivity index (χ1v) is 13.1. The van der Waals surface area contributed by atoms with Crippen LogP contribution >= 0.6 is 11.6 Å². The molecule has 2 atom stereocenters. The number of carboxylic acid groups (broad SMARTS) is 1. The molecule has 2 N–H and O–H groups in total. The number of carbonyl (C=O) groups is 1. The second-order valence-corrected chi connectivity index (χ2v) is 10.8. The van der Waals surface area contributed by atoms with Gasteiger partial charge in [-0.15, -0.1) is 0 Å². The molecule has 0 radical (unpaired) electrons. The fraction of sp³-hybridized carbons (Fsp3) is 0.107. The lowest BCUT2D eigenvalue weighted by Gasteiger charge is -2.16. The molecule has 0 unspecified atom stereocenters. The van der Waals surface area contributed by atoms with Gasteiger partial charge in [-0.2, -0.15) is 4.72 Å². The van der Waals surface area contributed by atoms with Crippen LogP contribution < -0.4 is 9.46 Å². The number of hydrogen-bond donors (Lipinski definition) is 2. The summed E-state index contributed by atoms with van der Waals surface area (Å²) in [7, 11) is -4.09. The molecule has 0 aliphatic heterocycles. The fourth-order valence-electron chi connectivity index (χ4n) is 4.25. The Labute approximate surface area is 214 Å². The molecular formula is C28H22ClNO5S. The molecule has 0 amide bonds. The lowest BCUT2D eigenvalue weighted by molar-refractivity contribution is -0.140. The Morgan fingerprint density at radius 1 is 0.861 bits per heavy atom. The van der Waals surface area contributed by atoms with Crippen molar-refractivity contribution in [2.24, 2.45) is 0 Å². The summed E-state index contributed by atoms with van der Waals surface area (Å²) in [4.78, 5) is 12.2. The number of rotatable bonds is 8. The summed E-state index contributed by atoms with van der Waals surface area (Å²) in [5.74, 6) is -0.552. The first-order chi connectivity index (χ1) is 17.3. The Morgan fingerprint density at radius 2 is 1.47 bits per heavy atom. The Morgan fingerprint density at radius 3 is 2.11 bits per heavy atom. The topological polar surface area (TPSA) is 92.7 Å². The molecule has 0 saturated heterocycles. The van der Waals surface area contributed by atoms with Crippen LogP contribution in [0.25, 0.3) is 11.1 Å². The highest BCUT2D eigenvalue weighted by atomic mass is 35.5. The maximum atomic E-state index is 13.2. The van der Waals surface area contributed by atoms with E-state index < -0.39 is 27.4 Å². The van der Waals surface area contributed by atoms with Gasteiger partial charge in [0, 0.05) is 10.9 Å². The van der Waals surface area contributed by atoms with Crippen molar-refractivity contribution in [3.63, 3.8) is 0 Å². The van der Waals surface area contributed by atoms with E-state index in [0.717, 1.165) is 11.1 Å². The van der Waals surface area contributed by atoms with Crippen molar-refractivity contribution in [3.05, 3.63) is 114 Å². The summed E-state index contributed by atoms with van der Waals surface area (Å²) < 4.78 is 34.6. The highest BCUT2D eigenvalue weighted by Gasteiger charge is 2.63. The monoisotopic (exact) mass is 519 g/mol. The van der Waals surface area contributed by atoms with Gasteiger partial charge in [0.2, 0.25) is 10.0 Å². The van der Waals surface area contributed by atoms with Gasteiger partial charge in [0.05, 0.1) is 4.90 Å². The summed E-state index contributed by atoms with van der Waals surface area (Å²) in [6.45, 7) is 0. The van der Waals surface area contributed by atoms with Crippen LogP contribution in [0.15, 0.2) is 108 Å². The number of para-hydroxylation sites is 1. The van der Waals surface area contributed by atoms with Crippen LogP contribution in [-0.4, -0.2) is 25.0 Å². The lowest BCUT2D eigenvalue weighted by Crippen LogP contribution is -2.44. The zero-order chi connectivity index (χ0) is 25.3. The van der Waals surface area contributed by atoms with Crippen LogP contribution in [0.2, 0.25) is 5.02 Å². The van der Waals surface area contributed by atoms with Gasteiger partial charge in [-0.3, -0.25) is 4.79 Å². The molecule has 4 aromatic rings. The van der Waals surface area contributed by atoms with Crippen LogP contribution in [0.3, 0.4) is 0 Å². The maximum Gasteiger partial charge on any atom is 0.325 e. The number of aliphatic carboxylic acids is 1. The van der Waals surface area contributed by atoms with Crippen LogP contribution in [0.4, 0.5) is 0 Å². The van der Waals surface area contributed by atoms with Gasteiger partial charge in [0.15, 0.2) is 0 Å². The summed E-state index contributed by atoms with van der Waals surface area (Å²) in [6, 6.07) is 29.8. The van der Waals surface area contributed by atoms with Crippen LogP contribution in [-0.2, 0) is 14.8 Å². The Hall–Kier alpha value is -3.65. The van der Waals surface area contributed by atoms with Crippen molar-refractivity contribution >= 4 is 27.6 Å². The molecule has 1 aliphatic rings. The molecule has 8 heteroatoms. The molecular weight excluding hydrogens is 498 g/mol. The molecule has 0 aromatic heterocycles. The third-order valence-electron chi connectivity index (χ3n) is 6.24. The van der Waals surface area contributed by atoms with E-state index in [0.29, 0.717) is 22.1 Å². The molecule has 36 heavy (non-hydrogen) atoms. The number of ether oxygens (including phenoxy) is 1. The zero-order valence-corrected chi connectivity index (χ0v) is 20.5. The van der Waals surface area contributed by atoms with Crippen LogP contribution in [0, 0.1) is 0 Å². The van der Waals surface area contributed by atoms with E-state index in [1.807, 2.05) is 42.5 Å². The second kappa shape index (κ2) is 9.43. The van der Waals surface area contributed by atoms with E-state index in [4.69, 9.17) is 16.3 Å². The zero-order valence-electron chi connectivity index (χ0n) is 19.0. The molecule has 0 spiro atoms. The van der Waals surface area contributed by atoms with Gasteiger partial charge in [-0.25, -0.2) is 8.42 Å². The predicted molar refractivity (Wildman–Crippen MR) is 138 cm³/mol. The number of carboxylic acids is 1. The van der Waals surface area contributed by atoms with Crippen molar-refractivity contribution in [2.45, 2.75) is 22.8 Å². The predicted octanol–water partition coefficient (Wildman–Crippen LogP) is 6.09. The van der Waals surface area contributed by atoms with Gasteiger partial charge < -0.3 is 9.84 Å². The minimum absolute atomic E-state index is 0.00681. The standard InChI is InChI=1S/C28H22ClNO5S/c29-22-13-9-19(10-14-22)20-11-15-25(16-12-20)36(33,34)30-28(27(31)32)18-26(28)21-5-4-8-24(17-21)35-23-6-2-1-3-7-23/h1-17,26,30H,18H2,(H,31,32)/t26-,28+/m0/s1. The van der Waals surface area contributed by atoms with Gasteiger partial charge in [-0.1, -0.05) is 66.2 Å². The summed E-state index contributed by atoms with van der Waals surface area (Å²) >= 11 is 5.94. The number of sulfonamides is 1. The molecule has 4 aromatic carbocycles. The Balaban J connectivity index is 1.36. The van der Waals surface area contributed by atoms with Gasteiger partial charge in [-0.05, 0) is 71.6 Å². The number of nitrogens with one attached hydrogen (secondary N) is 1. The van der Waals surface area contributed by atoms with Crippen molar-refractivity contribution < 1.29 is 23.1 Å². The first kappa shape index (κ1) is 24.1. The smallest absolute Gasteiger partial charge is 0.325 e. The number of hydrogen-bond acceptors (Lipinski definition) is 4. The highest BCUT2D eigenvalue weighted by molar-refractivity contribution is 7.89. The molecule has 0 heterocycles. The lowest BCUT2D eigenvalue weighted by atomic mass is 10.1. The van der Waals surface area contributed by atoms with Gasteiger partial charge in [0.25, 0.3) is 0 Å². The van der Waals surface area contributed by atoms with E-state index in [2.05, 4.69) is 4.72 Å². The Bertz CT molecular complexity index is 1510. The molecule has 1 aliphatic carbocycles. The molecule has 0 bridgehead atoms. The normalized spacial score (nSPS) is 19.0. The average Bonchev–Trinajstić information content (AvgIpc) is 3.60. The largest absolute Gasteiger partial charge is 0.480 e. The van der Waals surface area contributed by atoms with E-state index in [9.17, 15) is 18.3 Å². The Kier molecular flexibility index (Phi) is 6.30. The first-order valence-electron chi connectivity index (χ1n) is 11.2. The molecule has 6 nitrogen and oxygen atoms in total. The third kappa shape index (κ3) is 4.86. The highest BCUT2D eigenvalue weighted by Crippen LogP contribution is 2.53. The molecule has 5 rings (SSSR count). The number of benzene rings is 4. The summed E-state index contributed by atoms with van der Waals surface area (Å²) in [5, 5.41) is 10.6. The van der Waals surface area contributed by atoms with E-state index in [-0.39, 0.29) is 11.3 Å². The average molecular weight is 520 g/mol. The van der Waals surface area contributed by atoms with E-state index in [1.165, 1.54) is 12.1 Å². The minimum atomic E-state index is -4.09. The SMILES string of the molecule is O=C(O)[C@@]1(NS(=O)(=O)c2ccc(-c3ccc(Cl)cc3)cc2)C[C@H]1c1cccc(Oc2ccccc2)c1. The minimum Gasteiger partial charge on any atom is -0.480 e. The van der Waals surface area contributed by atoms with E-state index >= 15 is 0 Å². The molecule has 1 fully saturated rings. The van der Waals surface area contributed by atoms with Crippen molar-refractivity contribution in [2.75, 3.05) is 0 Å². The summed E-state index contributed by atoms with van der Waals surface area (Å²) in [5.41, 5.74) is 0.766. The van der Waals surface area contributed by atoms with Gasteiger partial charge in [0.1, 0.15) is 17.0 Å². The van der Waals surface area contributed by atoms with Gasteiger partial charge >= 0.3 is 5.97 Å². The molecule has 182 valence electrons. The summed E-state index contributed by atoms with van der Waals surface area (Å²) in [6.07, 6.45) is 0.138. The van der Waals surface area contributed by atoms with Crippen molar-refractivity contribution in [1.82, 2.24) is 4.72 Å². The second-order valence-electron chi connectivity index (χ2n) is 8.66. The number of halogens is 1.